The van der Waals surface area contributed by atoms with E-state index in [1.165, 1.54) is 0 Å². The summed E-state index contributed by atoms with van der Waals surface area (Å²) in [6, 6.07) is 9.14. The van der Waals surface area contributed by atoms with E-state index in [9.17, 15) is 5.11 Å². The summed E-state index contributed by atoms with van der Waals surface area (Å²) in [6.07, 6.45) is 1.15. The number of aryl methyl sites for hydroxylation is 1. The van der Waals surface area contributed by atoms with E-state index in [-0.39, 0.29) is 6.61 Å². The first-order chi connectivity index (χ1) is 9.66. The molecule has 0 bridgehead atoms. The van der Waals surface area contributed by atoms with Crippen LogP contribution in [0.1, 0.15) is 5.69 Å². The van der Waals surface area contributed by atoms with Crippen molar-refractivity contribution in [1.29, 1.82) is 0 Å². The van der Waals surface area contributed by atoms with E-state index in [0.717, 1.165) is 5.69 Å². The van der Waals surface area contributed by atoms with Crippen LogP contribution in [0.3, 0.4) is 0 Å². The highest BCUT2D eigenvalue weighted by atomic mass is 35.5. The molecule has 1 heterocycles. The third kappa shape index (κ3) is 4.23. The van der Waals surface area contributed by atoms with Crippen LogP contribution in [0.15, 0.2) is 36.5 Å². The number of halogens is 1. The standard InChI is InChI=1S/C14H18ClN3O2/c1-18-11(6-7-17-18)8-16-9-12(19)10-20-14-5-3-2-4-13(14)15/h2-7,12,16,19H,8-10H2,1H3. The summed E-state index contributed by atoms with van der Waals surface area (Å²) < 4.78 is 7.26. The molecule has 0 aliphatic heterocycles. The van der Waals surface area contributed by atoms with Crippen molar-refractivity contribution in [3.8, 4) is 5.75 Å². The average molecular weight is 296 g/mol. The quantitative estimate of drug-likeness (QED) is 0.815. The molecule has 1 unspecified atom stereocenters. The third-order valence-corrected chi connectivity index (χ3v) is 3.19. The number of aromatic nitrogens is 2. The van der Waals surface area contributed by atoms with Crippen LogP contribution in [0.4, 0.5) is 0 Å². The number of aliphatic hydroxyl groups excluding tert-OH is 1. The normalized spacial score (nSPS) is 12.3. The van der Waals surface area contributed by atoms with Crippen molar-refractivity contribution in [1.82, 2.24) is 15.1 Å². The van der Waals surface area contributed by atoms with Gasteiger partial charge in [0.1, 0.15) is 18.5 Å². The Morgan fingerprint density at radius 2 is 2.20 bits per heavy atom. The highest BCUT2D eigenvalue weighted by Gasteiger charge is 2.07. The molecule has 0 fully saturated rings. The first kappa shape index (κ1) is 14.8. The fourth-order valence-corrected chi connectivity index (χ4v) is 1.94. The molecule has 0 saturated carbocycles. The Bertz CT molecular complexity index is 545. The van der Waals surface area contributed by atoms with E-state index in [0.29, 0.717) is 23.9 Å². The van der Waals surface area contributed by atoms with Crippen molar-refractivity contribution in [3.05, 3.63) is 47.2 Å². The number of benzene rings is 1. The molecule has 0 aliphatic carbocycles. The van der Waals surface area contributed by atoms with E-state index in [1.54, 1.807) is 23.0 Å². The molecular formula is C14H18ClN3O2. The summed E-state index contributed by atoms with van der Waals surface area (Å²) in [4.78, 5) is 0. The molecule has 1 aromatic heterocycles. The SMILES string of the molecule is Cn1nccc1CNCC(O)COc1ccccc1Cl. The van der Waals surface area contributed by atoms with Crippen molar-refractivity contribution in [2.75, 3.05) is 13.2 Å². The molecule has 0 amide bonds. The second-order valence-electron chi connectivity index (χ2n) is 4.47. The van der Waals surface area contributed by atoms with Crippen molar-refractivity contribution < 1.29 is 9.84 Å². The van der Waals surface area contributed by atoms with Crippen LogP contribution in [-0.2, 0) is 13.6 Å². The largest absolute Gasteiger partial charge is 0.489 e. The molecule has 5 nitrogen and oxygen atoms in total. The van der Waals surface area contributed by atoms with Crippen LogP contribution >= 0.6 is 11.6 Å². The number of hydrogen-bond acceptors (Lipinski definition) is 4. The fraction of sp³-hybridized carbons (Fsp3) is 0.357. The van der Waals surface area contributed by atoms with Gasteiger partial charge in [0.05, 0.1) is 10.7 Å². The minimum absolute atomic E-state index is 0.197. The number of hydrogen-bond donors (Lipinski definition) is 2. The maximum Gasteiger partial charge on any atom is 0.138 e. The lowest BCUT2D eigenvalue weighted by atomic mass is 10.3. The Morgan fingerprint density at radius 1 is 1.40 bits per heavy atom. The van der Waals surface area contributed by atoms with E-state index in [2.05, 4.69) is 10.4 Å². The van der Waals surface area contributed by atoms with Crippen molar-refractivity contribution in [2.24, 2.45) is 7.05 Å². The van der Waals surface area contributed by atoms with Crippen molar-refractivity contribution in [2.45, 2.75) is 12.6 Å². The van der Waals surface area contributed by atoms with Gasteiger partial charge in [0.15, 0.2) is 0 Å². The molecular weight excluding hydrogens is 278 g/mol. The molecule has 2 N–H and O–H groups in total. The van der Waals surface area contributed by atoms with Gasteiger partial charge >= 0.3 is 0 Å². The molecule has 0 spiro atoms. The topological polar surface area (TPSA) is 59.3 Å². The zero-order valence-electron chi connectivity index (χ0n) is 11.3. The molecule has 0 aliphatic rings. The minimum Gasteiger partial charge on any atom is -0.489 e. The van der Waals surface area contributed by atoms with Crippen LogP contribution in [0, 0.1) is 0 Å². The van der Waals surface area contributed by atoms with Gasteiger partial charge in [-0.25, -0.2) is 0 Å². The van der Waals surface area contributed by atoms with Crippen LogP contribution < -0.4 is 10.1 Å². The molecule has 0 radical (unpaired) electrons. The van der Waals surface area contributed by atoms with Gasteiger partial charge in [-0.15, -0.1) is 0 Å². The lowest BCUT2D eigenvalue weighted by Gasteiger charge is -2.14. The molecule has 1 atom stereocenters. The van der Waals surface area contributed by atoms with Gasteiger partial charge in [-0.2, -0.15) is 5.10 Å². The Kier molecular flexibility index (Phi) is 5.40. The van der Waals surface area contributed by atoms with Crippen LogP contribution in [0.2, 0.25) is 5.02 Å². The summed E-state index contributed by atoms with van der Waals surface area (Å²) >= 11 is 5.97. The first-order valence-electron chi connectivity index (χ1n) is 6.40. The van der Waals surface area contributed by atoms with E-state index in [1.807, 2.05) is 25.2 Å². The Labute approximate surface area is 123 Å². The van der Waals surface area contributed by atoms with Crippen LogP contribution in [-0.4, -0.2) is 34.1 Å². The Hall–Kier alpha value is -1.56. The van der Waals surface area contributed by atoms with Gasteiger partial charge in [0.25, 0.3) is 0 Å². The number of ether oxygens (including phenoxy) is 1. The zero-order chi connectivity index (χ0) is 14.4. The highest BCUT2D eigenvalue weighted by Crippen LogP contribution is 2.22. The lowest BCUT2D eigenvalue weighted by molar-refractivity contribution is 0.106. The van der Waals surface area contributed by atoms with Gasteiger partial charge in [0, 0.05) is 26.3 Å². The maximum absolute atomic E-state index is 9.85. The van der Waals surface area contributed by atoms with Gasteiger partial charge in [-0.05, 0) is 18.2 Å². The summed E-state index contributed by atoms with van der Waals surface area (Å²) in [5.41, 5.74) is 1.06. The van der Waals surface area contributed by atoms with E-state index in [4.69, 9.17) is 16.3 Å². The van der Waals surface area contributed by atoms with Gasteiger partial charge in [0.2, 0.25) is 0 Å². The monoisotopic (exact) mass is 295 g/mol. The van der Waals surface area contributed by atoms with Gasteiger partial charge < -0.3 is 15.2 Å². The molecule has 6 heteroatoms. The maximum atomic E-state index is 9.85. The fourth-order valence-electron chi connectivity index (χ4n) is 1.75. The van der Waals surface area contributed by atoms with Crippen LogP contribution in [0.5, 0.6) is 5.75 Å². The zero-order valence-corrected chi connectivity index (χ0v) is 12.0. The molecule has 20 heavy (non-hydrogen) atoms. The number of nitrogens with zero attached hydrogens (tertiary/aromatic N) is 2. The average Bonchev–Trinajstić information content (AvgIpc) is 2.84. The van der Waals surface area contributed by atoms with E-state index < -0.39 is 6.10 Å². The van der Waals surface area contributed by atoms with E-state index >= 15 is 0 Å². The number of rotatable bonds is 7. The van der Waals surface area contributed by atoms with Crippen LogP contribution in [0.25, 0.3) is 0 Å². The highest BCUT2D eigenvalue weighted by molar-refractivity contribution is 6.32. The molecule has 2 aromatic rings. The number of aliphatic hydroxyl groups is 1. The second-order valence-corrected chi connectivity index (χ2v) is 4.88. The van der Waals surface area contributed by atoms with Crippen molar-refractivity contribution in [3.63, 3.8) is 0 Å². The predicted octanol–water partition coefficient (Wildman–Crippen LogP) is 1.60. The summed E-state index contributed by atoms with van der Waals surface area (Å²) in [7, 11) is 1.88. The van der Waals surface area contributed by atoms with Crippen molar-refractivity contribution >= 4 is 11.6 Å². The van der Waals surface area contributed by atoms with Gasteiger partial charge in [-0.1, -0.05) is 23.7 Å². The third-order valence-electron chi connectivity index (χ3n) is 2.88. The summed E-state index contributed by atoms with van der Waals surface area (Å²) in [6.45, 7) is 1.29. The molecule has 0 saturated heterocycles. The summed E-state index contributed by atoms with van der Waals surface area (Å²) in [5.74, 6) is 0.583. The molecule has 2 rings (SSSR count). The Balaban J connectivity index is 1.69. The number of nitrogens with one attached hydrogen (secondary N) is 1. The second kappa shape index (κ2) is 7.28. The molecule has 1 aromatic carbocycles. The predicted molar refractivity (Wildman–Crippen MR) is 77.9 cm³/mol. The lowest BCUT2D eigenvalue weighted by Crippen LogP contribution is -2.31. The van der Waals surface area contributed by atoms with Gasteiger partial charge in [-0.3, -0.25) is 4.68 Å². The Morgan fingerprint density at radius 3 is 2.90 bits per heavy atom. The minimum atomic E-state index is -0.598. The summed E-state index contributed by atoms with van der Waals surface area (Å²) in [5, 5.41) is 17.6. The smallest absolute Gasteiger partial charge is 0.138 e. The molecule has 108 valence electrons. The first-order valence-corrected chi connectivity index (χ1v) is 6.77. The number of para-hydroxylation sites is 1.